The van der Waals surface area contributed by atoms with E-state index < -0.39 is 10.0 Å². The maximum atomic E-state index is 12.8. The molecule has 1 heterocycles. The summed E-state index contributed by atoms with van der Waals surface area (Å²) in [7, 11) is -3.11. The van der Waals surface area contributed by atoms with Gasteiger partial charge in [0, 0.05) is 25.6 Å². The fourth-order valence-electron chi connectivity index (χ4n) is 6.86. The highest BCUT2D eigenvalue weighted by molar-refractivity contribution is 7.89. The Bertz CT molecular complexity index is 617. The first-order valence-corrected chi connectivity index (χ1v) is 12.8. The average molecular weight is 397 g/mol. The second-order valence-corrected chi connectivity index (χ2v) is 12.1. The Kier molecular flexibility index (Phi) is 5.58. The Morgan fingerprint density at radius 1 is 1.04 bits per heavy atom. The van der Waals surface area contributed by atoms with Gasteiger partial charge in [-0.15, -0.1) is 0 Å². The van der Waals surface area contributed by atoms with Crippen molar-refractivity contribution < 1.29 is 13.2 Å². The van der Waals surface area contributed by atoms with E-state index >= 15 is 0 Å². The Morgan fingerprint density at radius 2 is 1.59 bits per heavy atom. The second kappa shape index (κ2) is 7.66. The molecule has 27 heavy (non-hydrogen) atoms. The van der Waals surface area contributed by atoms with Gasteiger partial charge in [0.1, 0.15) is 0 Å². The lowest BCUT2D eigenvalue weighted by molar-refractivity contribution is -0.130. The second-order valence-electron chi connectivity index (χ2n) is 10.0. The first-order chi connectivity index (χ1) is 12.9. The molecule has 0 aromatic carbocycles. The largest absolute Gasteiger partial charge is 0.353 e. The van der Waals surface area contributed by atoms with Crippen LogP contribution in [-0.4, -0.2) is 43.5 Å². The smallest absolute Gasteiger partial charge is 0.220 e. The molecule has 0 atom stereocenters. The summed E-state index contributed by atoms with van der Waals surface area (Å²) in [5.74, 6) is 3.10. The molecule has 1 saturated heterocycles. The topological polar surface area (TPSA) is 66.5 Å². The molecule has 5 nitrogen and oxygen atoms in total. The van der Waals surface area contributed by atoms with Crippen LogP contribution in [0.5, 0.6) is 0 Å². The number of nitrogens with one attached hydrogen (secondary N) is 1. The number of piperidine rings is 1. The zero-order valence-electron chi connectivity index (χ0n) is 16.8. The number of carbonyl (C=O) groups excluding carboxylic acids is 1. The van der Waals surface area contributed by atoms with E-state index in [0.717, 1.165) is 43.4 Å². The summed E-state index contributed by atoms with van der Waals surface area (Å²) in [6, 6.07) is 0.143. The van der Waals surface area contributed by atoms with Gasteiger partial charge in [0.25, 0.3) is 0 Å². The van der Waals surface area contributed by atoms with Crippen molar-refractivity contribution in [2.24, 2.45) is 23.2 Å². The van der Waals surface area contributed by atoms with Crippen molar-refractivity contribution in [2.45, 2.75) is 83.6 Å². The molecule has 0 radical (unpaired) electrons. The van der Waals surface area contributed by atoms with Gasteiger partial charge in [-0.2, -0.15) is 0 Å². The highest BCUT2D eigenvalue weighted by Gasteiger charge is 2.51. The molecule has 5 aliphatic rings. The molecule has 0 spiro atoms. The predicted molar refractivity (Wildman–Crippen MR) is 107 cm³/mol. The molecule has 1 N–H and O–H groups in total. The van der Waals surface area contributed by atoms with Gasteiger partial charge in [-0.3, -0.25) is 4.79 Å². The summed E-state index contributed by atoms with van der Waals surface area (Å²) < 4.78 is 26.3. The van der Waals surface area contributed by atoms with Gasteiger partial charge in [-0.25, -0.2) is 12.7 Å². The van der Waals surface area contributed by atoms with Crippen molar-refractivity contribution in [2.75, 3.05) is 18.8 Å². The Hall–Kier alpha value is -0.620. The molecule has 154 valence electrons. The number of unbranched alkanes of at least 4 members (excludes halogenated alkanes) is 1. The molecule has 5 rings (SSSR count). The van der Waals surface area contributed by atoms with E-state index in [1.165, 1.54) is 38.5 Å². The molecule has 4 aliphatic carbocycles. The van der Waals surface area contributed by atoms with Crippen LogP contribution in [-0.2, 0) is 14.8 Å². The van der Waals surface area contributed by atoms with Crippen LogP contribution in [0.25, 0.3) is 0 Å². The quantitative estimate of drug-likeness (QED) is 0.718. The van der Waals surface area contributed by atoms with E-state index in [1.807, 2.05) is 6.92 Å². The van der Waals surface area contributed by atoms with E-state index in [9.17, 15) is 13.2 Å². The van der Waals surface area contributed by atoms with E-state index in [-0.39, 0.29) is 23.1 Å². The third kappa shape index (κ3) is 4.36. The minimum absolute atomic E-state index is 0.143. The summed E-state index contributed by atoms with van der Waals surface area (Å²) in [6.45, 7) is 3.11. The summed E-state index contributed by atoms with van der Waals surface area (Å²) >= 11 is 0. The lowest BCUT2D eigenvalue weighted by Crippen LogP contribution is -2.50. The number of rotatable bonds is 7. The predicted octanol–water partition coefficient (Wildman–Crippen LogP) is 3.30. The van der Waals surface area contributed by atoms with Gasteiger partial charge >= 0.3 is 0 Å². The van der Waals surface area contributed by atoms with Crippen LogP contribution >= 0.6 is 0 Å². The fraction of sp³-hybridized carbons (Fsp3) is 0.952. The number of amides is 1. The third-order valence-electron chi connectivity index (χ3n) is 7.67. The van der Waals surface area contributed by atoms with Crippen LogP contribution < -0.4 is 5.32 Å². The normalized spacial score (nSPS) is 36.9. The van der Waals surface area contributed by atoms with Gasteiger partial charge in [-0.05, 0) is 81.0 Å². The van der Waals surface area contributed by atoms with E-state index in [2.05, 4.69) is 5.32 Å². The van der Waals surface area contributed by atoms with Crippen LogP contribution in [0.1, 0.15) is 77.6 Å². The maximum absolute atomic E-state index is 12.8. The summed E-state index contributed by atoms with van der Waals surface area (Å²) in [6.07, 6.45) is 11.8. The molecule has 4 saturated carbocycles. The van der Waals surface area contributed by atoms with E-state index in [1.54, 1.807) is 4.31 Å². The lowest BCUT2D eigenvalue weighted by atomic mass is 9.49. The van der Waals surface area contributed by atoms with Gasteiger partial charge in [0.2, 0.25) is 15.9 Å². The van der Waals surface area contributed by atoms with Crippen LogP contribution in [0.4, 0.5) is 0 Å². The van der Waals surface area contributed by atoms with Gasteiger partial charge < -0.3 is 5.32 Å². The highest BCUT2D eigenvalue weighted by Crippen LogP contribution is 2.61. The molecule has 5 fully saturated rings. The molecule has 6 heteroatoms. The Morgan fingerprint density at radius 3 is 2.11 bits per heavy atom. The molecule has 0 unspecified atom stereocenters. The van der Waals surface area contributed by atoms with Crippen LogP contribution in [0.3, 0.4) is 0 Å². The zero-order valence-corrected chi connectivity index (χ0v) is 17.6. The molecule has 4 bridgehead atoms. The molecule has 0 aromatic heterocycles. The molecule has 0 aromatic rings. The van der Waals surface area contributed by atoms with Gasteiger partial charge in [0.05, 0.1) is 5.75 Å². The first-order valence-electron chi connectivity index (χ1n) is 11.1. The average Bonchev–Trinajstić information content (AvgIpc) is 2.58. The highest BCUT2D eigenvalue weighted by atomic mass is 32.2. The van der Waals surface area contributed by atoms with Crippen LogP contribution in [0.2, 0.25) is 0 Å². The SMILES string of the molecule is CCCCS(=O)(=O)N1CCC(NC(=O)CC23CC4CC(CC(C4)C2)C3)CC1. The van der Waals surface area contributed by atoms with Crippen molar-refractivity contribution in [3.05, 3.63) is 0 Å². The third-order valence-corrected chi connectivity index (χ3v) is 9.63. The summed E-state index contributed by atoms with van der Waals surface area (Å²) in [5.41, 5.74) is 0.281. The first kappa shape index (κ1) is 19.7. The number of nitrogens with zero attached hydrogens (tertiary/aromatic N) is 1. The number of sulfonamides is 1. The molecular weight excluding hydrogens is 360 g/mol. The lowest BCUT2D eigenvalue weighted by Gasteiger charge is -2.56. The standard InChI is InChI=1S/C21H36N2O3S/c1-2-3-8-27(25,26)23-6-4-19(5-7-23)22-20(24)15-21-12-16-9-17(13-21)11-18(10-16)14-21/h16-19H,2-15H2,1H3,(H,22,24). The Balaban J connectivity index is 1.25. The Labute approximate surface area is 164 Å². The molecule has 1 amide bonds. The van der Waals surface area contributed by atoms with Crippen molar-refractivity contribution in [1.29, 1.82) is 0 Å². The van der Waals surface area contributed by atoms with Crippen molar-refractivity contribution in [3.8, 4) is 0 Å². The van der Waals surface area contributed by atoms with Gasteiger partial charge in [0.15, 0.2) is 0 Å². The minimum Gasteiger partial charge on any atom is -0.353 e. The number of hydrogen-bond acceptors (Lipinski definition) is 3. The fourth-order valence-corrected chi connectivity index (χ4v) is 8.54. The van der Waals surface area contributed by atoms with Crippen LogP contribution in [0, 0.1) is 23.2 Å². The summed E-state index contributed by atoms with van der Waals surface area (Å²) in [4.78, 5) is 12.8. The zero-order chi connectivity index (χ0) is 19.1. The van der Waals surface area contributed by atoms with E-state index in [0.29, 0.717) is 19.5 Å². The van der Waals surface area contributed by atoms with Crippen LogP contribution in [0.15, 0.2) is 0 Å². The van der Waals surface area contributed by atoms with Crippen molar-refractivity contribution in [3.63, 3.8) is 0 Å². The monoisotopic (exact) mass is 396 g/mol. The molecular formula is C21H36N2O3S. The summed E-state index contributed by atoms with van der Waals surface area (Å²) in [5, 5.41) is 3.25. The molecule has 1 aliphatic heterocycles. The number of hydrogen-bond donors (Lipinski definition) is 1. The van der Waals surface area contributed by atoms with E-state index in [4.69, 9.17) is 0 Å². The van der Waals surface area contributed by atoms with Crippen molar-refractivity contribution in [1.82, 2.24) is 9.62 Å². The number of carbonyl (C=O) groups is 1. The van der Waals surface area contributed by atoms with Gasteiger partial charge in [-0.1, -0.05) is 13.3 Å². The van der Waals surface area contributed by atoms with Crippen molar-refractivity contribution >= 4 is 15.9 Å². The minimum atomic E-state index is -3.11. The maximum Gasteiger partial charge on any atom is 0.220 e.